The number of aryl methyl sites for hydroxylation is 1. The van der Waals surface area contributed by atoms with Crippen LogP contribution in [0.15, 0.2) is 11.4 Å². The minimum atomic E-state index is 0.942. The van der Waals surface area contributed by atoms with Gasteiger partial charge in [-0.1, -0.05) is 23.8 Å². The monoisotopic (exact) mass is 145 g/mol. The Morgan fingerprint density at radius 3 is 2.88 bits per heavy atom. The summed E-state index contributed by atoms with van der Waals surface area (Å²) < 4.78 is 3.01. The van der Waals surface area contributed by atoms with Crippen LogP contribution in [0.2, 0.25) is 0 Å². The second-order valence-electron chi connectivity index (χ2n) is 1.44. The lowest BCUT2D eigenvalue weighted by Crippen LogP contribution is -1.85. The lowest BCUT2D eigenvalue weighted by Gasteiger charge is -1.89. The first-order valence-electron chi connectivity index (χ1n) is 2.49. The van der Waals surface area contributed by atoms with Gasteiger partial charge in [-0.05, 0) is 13.0 Å². The Kier molecular flexibility index (Phi) is 1.81. The van der Waals surface area contributed by atoms with E-state index >= 15 is 0 Å². The van der Waals surface area contributed by atoms with Gasteiger partial charge in [0.25, 0.3) is 0 Å². The van der Waals surface area contributed by atoms with Crippen LogP contribution >= 0.6 is 23.8 Å². The summed E-state index contributed by atoms with van der Waals surface area (Å²) in [4.78, 5) is 0. The van der Waals surface area contributed by atoms with Gasteiger partial charge < -0.3 is 0 Å². The fourth-order valence-corrected chi connectivity index (χ4v) is 1.59. The van der Waals surface area contributed by atoms with Gasteiger partial charge in [-0.15, -0.1) is 0 Å². The molecule has 0 fully saturated rings. The Morgan fingerprint density at radius 1 is 1.88 bits per heavy atom. The summed E-state index contributed by atoms with van der Waals surface area (Å²) >= 11 is 6.62. The van der Waals surface area contributed by atoms with E-state index in [0.717, 1.165) is 11.2 Å². The molecule has 44 valence electrons. The van der Waals surface area contributed by atoms with E-state index in [0.29, 0.717) is 0 Å². The molecule has 1 aromatic rings. The highest BCUT2D eigenvalue weighted by molar-refractivity contribution is 7.71. The fraction of sp³-hybridized carbons (Fsp3) is 0.400. The average Bonchev–Trinajstić information content (AvgIpc) is 2.14. The normalized spacial score (nSPS) is 9.62. The van der Waals surface area contributed by atoms with Crippen LogP contribution in [-0.2, 0) is 6.54 Å². The molecule has 0 amide bonds. The van der Waals surface area contributed by atoms with Crippen molar-refractivity contribution in [3.8, 4) is 0 Å². The van der Waals surface area contributed by atoms with Crippen molar-refractivity contribution in [3.63, 3.8) is 0 Å². The summed E-state index contributed by atoms with van der Waals surface area (Å²) in [5.74, 6) is 0. The molecule has 0 aromatic carbocycles. The van der Waals surface area contributed by atoms with Crippen molar-refractivity contribution in [3.05, 3.63) is 16.1 Å². The van der Waals surface area contributed by atoms with E-state index in [4.69, 9.17) is 12.2 Å². The first kappa shape index (κ1) is 5.98. The molecule has 0 bridgehead atoms. The fourth-order valence-electron chi connectivity index (χ4n) is 0.528. The van der Waals surface area contributed by atoms with Crippen LogP contribution < -0.4 is 0 Å². The molecule has 0 spiro atoms. The van der Waals surface area contributed by atoms with Gasteiger partial charge in [-0.25, -0.2) is 0 Å². The lowest BCUT2D eigenvalue weighted by molar-refractivity contribution is 0.828. The molecule has 0 N–H and O–H groups in total. The van der Waals surface area contributed by atoms with E-state index in [2.05, 4.69) is 10.9 Å². The van der Waals surface area contributed by atoms with Crippen LogP contribution in [0.25, 0.3) is 0 Å². The third kappa shape index (κ3) is 0.980. The molecule has 1 aromatic heterocycles. The van der Waals surface area contributed by atoms with Gasteiger partial charge in [0.2, 0.25) is 0 Å². The van der Waals surface area contributed by atoms with Crippen LogP contribution in [0.5, 0.6) is 0 Å². The largest absolute Gasteiger partial charge is 0.289 e. The van der Waals surface area contributed by atoms with Crippen LogP contribution in [0.1, 0.15) is 6.92 Å². The number of hydrogen-bond acceptors (Lipinski definition) is 2. The number of nitrogens with zero attached hydrogens (tertiary/aromatic N) is 1. The van der Waals surface area contributed by atoms with Gasteiger partial charge in [0.1, 0.15) is 4.64 Å². The van der Waals surface area contributed by atoms with E-state index in [-0.39, 0.29) is 0 Å². The predicted molar refractivity (Wildman–Crippen MR) is 38.8 cm³/mol. The Labute approximate surface area is 57.7 Å². The summed E-state index contributed by atoms with van der Waals surface area (Å²) in [6.07, 6.45) is 0. The Morgan fingerprint density at radius 2 is 2.62 bits per heavy atom. The number of aromatic nitrogens is 1. The molecule has 3 heteroatoms. The maximum absolute atomic E-state index is 4.96. The van der Waals surface area contributed by atoms with E-state index in [1.54, 1.807) is 11.5 Å². The maximum Gasteiger partial charge on any atom is 0.115 e. The van der Waals surface area contributed by atoms with Crippen molar-refractivity contribution < 1.29 is 0 Å². The second-order valence-corrected chi connectivity index (χ2v) is 2.78. The van der Waals surface area contributed by atoms with Crippen molar-refractivity contribution in [2.24, 2.45) is 0 Å². The van der Waals surface area contributed by atoms with E-state index in [9.17, 15) is 0 Å². The standard InChI is InChI=1S/C5H7NS2/c1-2-6-5(7)3-4-8-6/h3-4H,2H2,1H3. The molecule has 1 heterocycles. The van der Waals surface area contributed by atoms with E-state index in [1.165, 1.54) is 0 Å². The summed E-state index contributed by atoms with van der Waals surface area (Å²) in [7, 11) is 0. The zero-order valence-corrected chi connectivity index (χ0v) is 6.26. The molecular weight excluding hydrogens is 138 g/mol. The molecule has 0 saturated carbocycles. The number of rotatable bonds is 1. The molecule has 0 atom stereocenters. The minimum Gasteiger partial charge on any atom is -0.289 e. The van der Waals surface area contributed by atoms with Gasteiger partial charge in [-0.3, -0.25) is 3.96 Å². The third-order valence-corrected chi connectivity index (χ3v) is 2.37. The highest BCUT2D eigenvalue weighted by Crippen LogP contribution is 2.00. The highest BCUT2D eigenvalue weighted by atomic mass is 32.1. The van der Waals surface area contributed by atoms with Crippen molar-refractivity contribution in [1.82, 2.24) is 3.96 Å². The molecule has 1 rings (SSSR count). The third-order valence-electron chi connectivity index (χ3n) is 0.932. The summed E-state index contributed by atoms with van der Waals surface area (Å²) in [5.41, 5.74) is 0. The molecule has 8 heavy (non-hydrogen) atoms. The lowest BCUT2D eigenvalue weighted by atomic mass is 10.7. The molecule has 1 nitrogen and oxygen atoms in total. The van der Waals surface area contributed by atoms with Crippen LogP contribution in [-0.4, -0.2) is 3.96 Å². The topological polar surface area (TPSA) is 4.93 Å². The van der Waals surface area contributed by atoms with Crippen LogP contribution in [0.3, 0.4) is 0 Å². The first-order valence-corrected chi connectivity index (χ1v) is 3.74. The minimum absolute atomic E-state index is 0.942. The van der Waals surface area contributed by atoms with Gasteiger partial charge in [0, 0.05) is 11.9 Å². The predicted octanol–water partition coefficient (Wildman–Crippen LogP) is 2.30. The zero-order valence-electron chi connectivity index (χ0n) is 4.63. The molecule has 0 saturated heterocycles. The summed E-state index contributed by atoms with van der Waals surface area (Å²) in [5, 5.41) is 2.01. The van der Waals surface area contributed by atoms with E-state index < -0.39 is 0 Å². The summed E-state index contributed by atoms with van der Waals surface area (Å²) in [6, 6.07) is 1.95. The maximum atomic E-state index is 4.96. The smallest absolute Gasteiger partial charge is 0.115 e. The molecule has 0 aliphatic carbocycles. The SMILES string of the molecule is CCn1sccc1=S. The van der Waals surface area contributed by atoms with Gasteiger partial charge >= 0.3 is 0 Å². The Balaban J connectivity index is 3.11. The first-order chi connectivity index (χ1) is 3.84. The molecule has 0 aliphatic heterocycles. The van der Waals surface area contributed by atoms with E-state index in [1.807, 2.05) is 11.4 Å². The van der Waals surface area contributed by atoms with Crippen molar-refractivity contribution in [2.75, 3.05) is 0 Å². The molecular formula is C5H7NS2. The summed E-state index contributed by atoms with van der Waals surface area (Å²) in [6.45, 7) is 3.09. The van der Waals surface area contributed by atoms with Crippen LogP contribution in [0, 0.1) is 4.64 Å². The Bertz CT molecular complexity index is 210. The second kappa shape index (κ2) is 2.42. The molecule has 0 unspecified atom stereocenters. The van der Waals surface area contributed by atoms with Gasteiger partial charge in [-0.2, -0.15) is 0 Å². The van der Waals surface area contributed by atoms with Crippen LogP contribution in [0.4, 0.5) is 0 Å². The van der Waals surface area contributed by atoms with Crippen molar-refractivity contribution in [2.45, 2.75) is 13.5 Å². The molecule has 0 aliphatic rings. The highest BCUT2D eigenvalue weighted by Gasteiger charge is 1.84. The van der Waals surface area contributed by atoms with Crippen molar-refractivity contribution in [1.29, 1.82) is 0 Å². The molecule has 0 radical (unpaired) electrons. The zero-order chi connectivity index (χ0) is 5.98. The van der Waals surface area contributed by atoms with Gasteiger partial charge in [0.15, 0.2) is 0 Å². The van der Waals surface area contributed by atoms with Crippen molar-refractivity contribution >= 4 is 23.8 Å². The number of hydrogen-bond donors (Lipinski definition) is 0. The average molecular weight is 145 g/mol. The Hall–Kier alpha value is -0.150. The van der Waals surface area contributed by atoms with Gasteiger partial charge in [0.05, 0.1) is 0 Å². The quantitative estimate of drug-likeness (QED) is 0.549.